The van der Waals surface area contributed by atoms with Crippen LogP contribution in [0.25, 0.3) is 11.5 Å². The first-order valence-corrected chi connectivity index (χ1v) is 9.23. The number of nitrogens with zero attached hydrogens (tertiary/aromatic N) is 4. The molecule has 144 valence electrons. The van der Waals surface area contributed by atoms with Crippen molar-refractivity contribution in [2.24, 2.45) is 0 Å². The molecule has 0 atom stereocenters. The molecule has 1 aromatic heterocycles. The molecule has 1 aliphatic rings. The average molecular weight is 378 g/mol. The minimum Gasteiger partial charge on any atom is -0.497 e. The molecule has 2 heterocycles. The van der Waals surface area contributed by atoms with E-state index in [0.29, 0.717) is 19.0 Å². The lowest BCUT2D eigenvalue weighted by Crippen LogP contribution is -2.48. The Bertz CT molecular complexity index is 943. The van der Waals surface area contributed by atoms with Gasteiger partial charge in [-0.25, -0.2) is 0 Å². The molecule has 0 N–H and O–H groups in total. The number of aromatic nitrogens is 2. The Morgan fingerprint density at radius 1 is 0.964 bits per heavy atom. The molecule has 0 unspecified atom stereocenters. The fraction of sp³-hybridized carbons (Fsp3) is 0.286. The monoisotopic (exact) mass is 378 g/mol. The second-order valence-electron chi connectivity index (χ2n) is 6.76. The third-order valence-corrected chi connectivity index (χ3v) is 4.91. The largest absolute Gasteiger partial charge is 0.497 e. The summed E-state index contributed by atoms with van der Waals surface area (Å²) in [5.41, 5.74) is 3.07. The molecular formula is C21H22N4O3. The molecule has 4 rings (SSSR count). The standard InChI is InChI=1S/C21H22N4O3/c1-15-3-5-16(6-4-15)19-22-23-20(28-19)21(26)25-13-11-24(12-14-25)17-7-9-18(27-2)10-8-17/h3-10H,11-14H2,1-2H3. The van der Waals surface area contributed by atoms with Crippen molar-refractivity contribution >= 4 is 11.6 Å². The molecular weight excluding hydrogens is 356 g/mol. The Labute approximate surface area is 163 Å². The molecule has 7 nitrogen and oxygen atoms in total. The summed E-state index contributed by atoms with van der Waals surface area (Å²) in [6, 6.07) is 15.7. The van der Waals surface area contributed by atoms with Crippen molar-refractivity contribution in [3.05, 3.63) is 60.0 Å². The topological polar surface area (TPSA) is 71.7 Å². The number of amides is 1. The Morgan fingerprint density at radius 2 is 1.64 bits per heavy atom. The van der Waals surface area contributed by atoms with Crippen LogP contribution in [0.1, 0.15) is 16.2 Å². The first-order chi connectivity index (χ1) is 13.6. The quantitative estimate of drug-likeness (QED) is 0.695. The number of anilines is 1. The lowest BCUT2D eigenvalue weighted by atomic mass is 10.1. The Morgan fingerprint density at radius 3 is 2.29 bits per heavy atom. The maximum absolute atomic E-state index is 12.7. The van der Waals surface area contributed by atoms with Gasteiger partial charge in [-0.05, 0) is 43.3 Å². The summed E-state index contributed by atoms with van der Waals surface area (Å²) in [5, 5.41) is 7.98. The maximum atomic E-state index is 12.7. The van der Waals surface area contributed by atoms with Gasteiger partial charge in [0.05, 0.1) is 7.11 Å². The molecule has 0 bridgehead atoms. The van der Waals surface area contributed by atoms with E-state index in [0.717, 1.165) is 35.7 Å². The van der Waals surface area contributed by atoms with Crippen molar-refractivity contribution in [1.29, 1.82) is 0 Å². The van der Waals surface area contributed by atoms with E-state index in [1.807, 2.05) is 55.5 Å². The number of ether oxygens (including phenoxy) is 1. The zero-order valence-electron chi connectivity index (χ0n) is 16.0. The number of carbonyl (C=O) groups is 1. The maximum Gasteiger partial charge on any atom is 0.311 e. The molecule has 1 fully saturated rings. The third-order valence-electron chi connectivity index (χ3n) is 4.91. The van der Waals surface area contributed by atoms with Gasteiger partial charge in [0.15, 0.2) is 0 Å². The van der Waals surface area contributed by atoms with Crippen molar-refractivity contribution in [1.82, 2.24) is 15.1 Å². The van der Waals surface area contributed by atoms with Gasteiger partial charge in [-0.3, -0.25) is 4.79 Å². The highest BCUT2D eigenvalue weighted by atomic mass is 16.5. The average Bonchev–Trinajstić information content (AvgIpc) is 3.24. The predicted molar refractivity (Wildman–Crippen MR) is 106 cm³/mol. The normalized spacial score (nSPS) is 14.2. The van der Waals surface area contributed by atoms with E-state index in [1.165, 1.54) is 0 Å². The van der Waals surface area contributed by atoms with E-state index >= 15 is 0 Å². The van der Waals surface area contributed by atoms with Crippen molar-refractivity contribution in [2.75, 3.05) is 38.2 Å². The van der Waals surface area contributed by atoms with E-state index in [9.17, 15) is 4.79 Å². The molecule has 0 saturated carbocycles. The number of aryl methyl sites for hydroxylation is 1. The zero-order chi connectivity index (χ0) is 19.5. The van der Waals surface area contributed by atoms with Gasteiger partial charge in [0.25, 0.3) is 0 Å². The summed E-state index contributed by atoms with van der Waals surface area (Å²) in [6.07, 6.45) is 0. The van der Waals surface area contributed by atoms with Crippen molar-refractivity contribution in [2.45, 2.75) is 6.92 Å². The summed E-state index contributed by atoms with van der Waals surface area (Å²) in [7, 11) is 1.65. The van der Waals surface area contributed by atoms with E-state index in [4.69, 9.17) is 9.15 Å². The van der Waals surface area contributed by atoms with Crippen LogP contribution in [0.2, 0.25) is 0 Å². The highest BCUT2D eigenvalue weighted by Crippen LogP contribution is 2.22. The highest BCUT2D eigenvalue weighted by Gasteiger charge is 2.26. The smallest absolute Gasteiger partial charge is 0.311 e. The van der Waals surface area contributed by atoms with Crippen LogP contribution in [0.3, 0.4) is 0 Å². The van der Waals surface area contributed by atoms with Crippen LogP contribution >= 0.6 is 0 Å². The van der Waals surface area contributed by atoms with E-state index < -0.39 is 0 Å². The van der Waals surface area contributed by atoms with Gasteiger partial charge in [-0.1, -0.05) is 17.7 Å². The molecule has 7 heteroatoms. The van der Waals surface area contributed by atoms with Gasteiger partial charge in [0, 0.05) is 37.4 Å². The van der Waals surface area contributed by atoms with Crippen LogP contribution in [-0.2, 0) is 0 Å². The number of hydrogen-bond acceptors (Lipinski definition) is 6. The van der Waals surface area contributed by atoms with Gasteiger partial charge in [-0.15, -0.1) is 10.2 Å². The molecule has 0 aliphatic carbocycles. The number of rotatable bonds is 4. The van der Waals surface area contributed by atoms with Crippen LogP contribution in [0.15, 0.2) is 52.9 Å². The van der Waals surface area contributed by atoms with Crippen LogP contribution in [0, 0.1) is 6.92 Å². The fourth-order valence-corrected chi connectivity index (χ4v) is 3.22. The van der Waals surface area contributed by atoms with Crippen LogP contribution in [0.5, 0.6) is 5.75 Å². The number of methoxy groups -OCH3 is 1. The molecule has 3 aromatic rings. The van der Waals surface area contributed by atoms with Crippen molar-refractivity contribution in [3.63, 3.8) is 0 Å². The van der Waals surface area contributed by atoms with E-state index in [-0.39, 0.29) is 11.8 Å². The Balaban J connectivity index is 1.39. The second kappa shape index (κ2) is 7.72. The number of benzene rings is 2. The first kappa shape index (κ1) is 18.0. The molecule has 1 amide bonds. The third kappa shape index (κ3) is 3.69. The van der Waals surface area contributed by atoms with Gasteiger partial charge < -0.3 is 19.0 Å². The second-order valence-corrected chi connectivity index (χ2v) is 6.76. The number of carbonyl (C=O) groups excluding carboxylic acids is 1. The fourth-order valence-electron chi connectivity index (χ4n) is 3.22. The summed E-state index contributed by atoms with van der Waals surface area (Å²) in [4.78, 5) is 16.7. The molecule has 2 aromatic carbocycles. The number of hydrogen-bond donors (Lipinski definition) is 0. The van der Waals surface area contributed by atoms with Crippen molar-refractivity contribution in [3.8, 4) is 17.2 Å². The molecule has 0 spiro atoms. The highest BCUT2D eigenvalue weighted by molar-refractivity contribution is 5.90. The van der Waals surface area contributed by atoms with Crippen LogP contribution in [0.4, 0.5) is 5.69 Å². The molecule has 1 aliphatic heterocycles. The van der Waals surface area contributed by atoms with Gasteiger partial charge in [0.2, 0.25) is 5.89 Å². The summed E-state index contributed by atoms with van der Waals surface area (Å²) in [5.74, 6) is 1.01. The van der Waals surface area contributed by atoms with Gasteiger partial charge >= 0.3 is 11.8 Å². The summed E-state index contributed by atoms with van der Waals surface area (Å²) in [6.45, 7) is 4.71. The van der Waals surface area contributed by atoms with Crippen LogP contribution in [-0.4, -0.2) is 54.3 Å². The number of piperazine rings is 1. The summed E-state index contributed by atoms with van der Waals surface area (Å²) >= 11 is 0. The molecule has 1 saturated heterocycles. The summed E-state index contributed by atoms with van der Waals surface area (Å²) < 4.78 is 10.8. The minimum atomic E-state index is -0.222. The molecule has 28 heavy (non-hydrogen) atoms. The van der Waals surface area contributed by atoms with Gasteiger partial charge in [0.1, 0.15) is 5.75 Å². The van der Waals surface area contributed by atoms with E-state index in [2.05, 4.69) is 15.1 Å². The van der Waals surface area contributed by atoms with E-state index in [1.54, 1.807) is 12.0 Å². The molecule has 0 radical (unpaired) electrons. The zero-order valence-corrected chi connectivity index (χ0v) is 16.0. The lowest BCUT2D eigenvalue weighted by Gasteiger charge is -2.35. The Hall–Kier alpha value is -3.35. The van der Waals surface area contributed by atoms with Crippen molar-refractivity contribution < 1.29 is 13.9 Å². The van der Waals surface area contributed by atoms with Gasteiger partial charge in [-0.2, -0.15) is 0 Å². The van der Waals surface area contributed by atoms with Crippen LogP contribution < -0.4 is 9.64 Å². The predicted octanol–water partition coefficient (Wildman–Crippen LogP) is 3.02. The minimum absolute atomic E-state index is 0.0356. The first-order valence-electron chi connectivity index (χ1n) is 9.23. The SMILES string of the molecule is COc1ccc(N2CCN(C(=O)c3nnc(-c4ccc(C)cc4)o3)CC2)cc1. The Kier molecular flexibility index (Phi) is 4.97. The lowest BCUT2D eigenvalue weighted by molar-refractivity contribution is 0.0707.